The Kier molecular flexibility index (Phi) is 7.80. The van der Waals surface area contributed by atoms with Gasteiger partial charge in [-0.15, -0.1) is 0 Å². The van der Waals surface area contributed by atoms with E-state index in [9.17, 15) is 23.7 Å². The molecule has 0 saturated heterocycles. The summed E-state index contributed by atoms with van der Waals surface area (Å²) in [5, 5.41) is 24.4. The number of hydrogen-bond acceptors (Lipinski definition) is 2. The van der Waals surface area contributed by atoms with Gasteiger partial charge in [0, 0.05) is 27.1 Å². The number of alkyl halides is 3. The topological polar surface area (TPSA) is 57.4 Å². The monoisotopic (exact) mass is 714 g/mol. The quantitative estimate of drug-likeness (QED) is 0.183. The van der Waals surface area contributed by atoms with Gasteiger partial charge in [-0.05, 0) is 76.1 Å². The Morgan fingerprint density at radius 2 is 0.963 bits per heavy atom. The summed E-state index contributed by atoms with van der Waals surface area (Å²) in [5.74, 6) is 0. The summed E-state index contributed by atoms with van der Waals surface area (Å²) in [7, 11) is 0. The number of halogens is 3. The first-order valence-corrected chi connectivity index (χ1v) is 17.9. The second-order valence-corrected chi connectivity index (χ2v) is 16.0. The molecule has 8 aromatic rings. The number of fused-ring (bicyclic) bond motifs is 6. The third-order valence-electron chi connectivity index (χ3n) is 10.5. The molecule has 54 heavy (non-hydrogen) atoms. The second kappa shape index (κ2) is 12.1. The molecule has 6 aromatic carbocycles. The van der Waals surface area contributed by atoms with Gasteiger partial charge in [-0.25, -0.2) is 0 Å². The Balaban J connectivity index is 1.60. The summed E-state index contributed by atoms with van der Waals surface area (Å²) in [5.41, 5.74) is 5.70. The van der Waals surface area contributed by atoms with E-state index in [1.807, 2.05) is 42.5 Å². The van der Waals surface area contributed by atoms with Crippen molar-refractivity contribution in [3.63, 3.8) is 0 Å². The molecule has 4 nitrogen and oxygen atoms in total. The lowest BCUT2D eigenvalue weighted by molar-refractivity contribution is -0.137. The Morgan fingerprint density at radius 1 is 0.481 bits per heavy atom. The molecule has 2 aromatic heterocycles. The first-order valence-electron chi connectivity index (χ1n) is 17.9. The van der Waals surface area contributed by atoms with Crippen LogP contribution in [0.1, 0.15) is 69.4 Å². The lowest BCUT2D eigenvalue weighted by Gasteiger charge is -2.23. The van der Waals surface area contributed by atoms with Crippen molar-refractivity contribution >= 4 is 43.6 Å². The zero-order valence-electron chi connectivity index (χ0n) is 30.9. The molecule has 0 bridgehead atoms. The number of hydrogen-bond donors (Lipinski definition) is 0. The second-order valence-electron chi connectivity index (χ2n) is 16.0. The van der Waals surface area contributed by atoms with E-state index in [1.165, 1.54) is 12.1 Å². The summed E-state index contributed by atoms with van der Waals surface area (Å²) < 4.78 is 48.7. The number of aromatic nitrogens is 2. The van der Waals surface area contributed by atoms with E-state index in [-0.39, 0.29) is 33.1 Å². The highest BCUT2D eigenvalue weighted by Crippen LogP contribution is 2.45. The number of nitriles is 2. The van der Waals surface area contributed by atoms with Gasteiger partial charge in [0.1, 0.15) is 0 Å². The zero-order chi connectivity index (χ0) is 38.3. The number of nitrogens with zero attached hydrogens (tertiary/aromatic N) is 4. The van der Waals surface area contributed by atoms with Crippen LogP contribution >= 0.6 is 0 Å². The molecule has 0 saturated carbocycles. The Bertz CT molecular complexity index is 2910. The van der Waals surface area contributed by atoms with Crippen LogP contribution < -0.4 is 0 Å². The van der Waals surface area contributed by atoms with Gasteiger partial charge in [-0.2, -0.15) is 23.7 Å². The van der Waals surface area contributed by atoms with Crippen molar-refractivity contribution in [2.24, 2.45) is 0 Å². The smallest absolute Gasteiger partial charge is 0.307 e. The van der Waals surface area contributed by atoms with Gasteiger partial charge in [-0.1, -0.05) is 108 Å². The van der Waals surface area contributed by atoms with E-state index in [0.717, 1.165) is 60.8 Å². The van der Waals surface area contributed by atoms with Crippen molar-refractivity contribution in [2.45, 2.75) is 58.5 Å². The summed E-state index contributed by atoms with van der Waals surface area (Å²) in [6.45, 7) is 12.9. The van der Waals surface area contributed by atoms with Crippen LogP contribution in [0.25, 0.3) is 66.1 Å². The van der Waals surface area contributed by atoms with Gasteiger partial charge >= 0.3 is 6.18 Å². The van der Waals surface area contributed by atoms with Crippen LogP contribution in [0.3, 0.4) is 0 Å². The highest BCUT2D eigenvalue weighted by molar-refractivity contribution is 6.12. The molecule has 0 fully saturated rings. The molecule has 0 aliphatic heterocycles. The number of para-hydroxylation sites is 2. The molecular formula is C47H37F3N4. The molecular weight excluding hydrogens is 678 g/mol. The van der Waals surface area contributed by atoms with Crippen molar-refractivity contribution < 1.29 is 13.2 Å². The van der Waals surface area contributed by atoms with E-state index in [4.69, 9.17) is 0 Å². The minimum atomic E-state index is -4.78. The molecule has 7 heteroatoms. The van der Waals surface area contributed by atoms with E-state index < -0.39 is 11.7 Å². The van der Waals surface area contributed by atoms with E-state index in [1.54, 1.807) is 12.1 Å². The third kappa shape index (κ3) is 5.51. The van der Waals surface area contributed by atoms with Gasteiger partial charge in [0.15, 0.2) is 0 Å². The highest BCUT2D eigenvalue weighted by atomic mass is 19.4. The summed E-state index contributed by atoms with van der Waals surface area (Å²) >= 11 is 0. The van der Waals surface area contributed by atoms with Gasteiger partial charge in [-0.3, -0.25) is 0 Å². The Morgan fingerprint density at radius 3 is 1.43 bits per heavy atom. The molecule has 0 aliphatic rings. The summed E-state index contributed by atoms with van der Waals surface area (Å²) in [6.07, 6.45) is -4.78. The molecule has 0 spiro atoms. The molecule has 0 atom stereocenters. The molecule has 266 valence electrons. The molecule has 0 amide bonds. The average Bonchev–Trinajstić information content (AvgIpc) is 3.65. The first-order chi connectivity index (χ1) is 25.6. The summed E-state index contributed by atoms with van der Waals surface area (Å²) in [4.78, 5) is 0. The van der Waals surface area contributed by atoms with Crippen molar-refractivity contribution in [3.05, 3.63) is 143 Å². The van der Waals surface area contributed by atoms with Gasteiger partial charge in [0.05, 0.1) is 62.3 Å². The standard InChI is InChI=1S/C47H37F3N4/c1-45(2,3)30-16-19-35-33-11-7-9-13-39(33)53(41(35)23-30)43-22-29(27-52)37(32-18-15-28(26-51)21-38(32)47(48,49)50)25-44(43)54-40-14-10-8-12-34(40)36-20-17-31(24-42(36)54)46(4,5)6/h7-25H,1-6H3. The fourth-order valence-electron chi connectivity index (χ4n) is 7.73. The van der Waals surface area contributed by atoms with Crippen LogP contribution in [-0.4, -0.2) is 9.13 Å². The van der Waals surface area contributed by atoms with E-state index in [2.05, 4.69) is 105 Å². The van der Waals surface area contributed by atoms with Gasteiger partial charge in [0.2, 0.25) is 0 Å². The maximum absolute atomic E-state index is 14.8. The minimum absolute atomic E-state index is 0.0815. The lowest BCUT2D eigenvalue weighted by atomic mass is 9.86. The van der Waals surface area contributed by atoms with Crippen LogP contribution in [0.5, 0.6) is 0 Å². The minimum Gasteiger partial charge on any atom is -0.307 e. The molecule has 0 N–H and O–H groups in total. The average molecular weight is 715 g/mol. The first kappa shape index (κ1) is 34.8. The zero-order valence-corrected chi connectivity index (χ0v) is 30.9. The Labute approximate surface area is 311 Å². The largest absolute Gasteiger partial charge is 0.417 e. The van der Waals surface area contributed by atoms with Crippen molar-refractivity contribution in [1.29, 1.82) is 10.5 Å². The van der Waals surface area contributed by atoms with Crippen LogP contribution in [-0.2, 0) is 17.0 Å². The van der Waals surface area contributed by atoms with E-state index in [0.29, 0.717) is 11.4 Å². The fourth-order valence-corrected chi connectivity index (χ4v) is 7.73. The van der Waals surface area contributed by atoms with Gasteiger partial charge < -0.3 is 9.13 Å². The molecule has 0 aliphatic carbocycles. The van der Waals surface area contributed by atoms with Crippen LogP contribution in [0.15, 0.2) is 115 Å². The van der Waals surface area contributed by atoms with Crippen LogP contribution in [0.4, 0.5) is 13.2 Å². The predicted molar refractivity (Wildman–Crippen MR) is 212 cm³/mol. The normalized spacial score (nSPS) is 12.5. The lowest BCUT2D eigenvalue weighted by Crippen LogP contribution is -2.12. The van der Waals surface area contributed by atoms with Gasteiger partial charge in [0.25, 0.3) is 0 Å². The highest BCUT2D eigenvalue weighted by Gasteiger charge is 2.35. The fraction of sp³-hybridized carbons (Fsp3) is 0.191. The van der Waals surface area contributed by atoms with Crippen LogP contribution in [0, 0.1) is 22.7 Å². The van der Waals surface area contributed by atoms with Crippen molar-refractivity contribution in [1.82, 2.24) is 9.13 Å². The maximum atomic E-state index is 14.8. The van der Waals surface area contributed by atoms with Crippen LogP contribution in [0.2, 0.25) is 0 Å². The van der Waals surface area contributed by atoms with E-state index >= 15 is 0 Å². The molecule has 8 rings (SSSR count). The third-order valence-corrected chi connectivity index (χ3v) is 10.5. The molecule has 0 unspecified atom stereocenters. The maximum Gasteiger partial charge on any atom is 0.417 e. The molecule has 2 heterocycles. The Hall–Kier alpha value is -6.31. The van der Waals surface area contributed by atoms with Crippen molar-refractivity contribution in [3.8, 4) is 34.6 Å². The number of rotatable bonds is 3. The SMILES string of the molecule is CC(C)(C)c1ccc2c3ccccc3n(-c3cc(C#N)c(-c4ccc(C#N)cc4C(F)(F)F)cc3-n3c4ccccc4c4ccc(C(C)(C)C)cc43)c2c1. The van der Waals surface area contributed by atoms with Crippen molar-refractivity contribution in [2.75, 3.05) is 0 Å². The predicted octanol–water partition coefficient (Wildman–Crippen LogP) is 12.9. The number of benzene rings is 6. The molecule has 0 radical (unpaired) electrons. The summed E-state index contributed by atoms with van der Waals surface area (Å²) in [6, 6.07) is 40.1.